The minimum Gasteiger partial charge on any atom is -0.497 e. The fraction of sp³-hybridized carbons (Fsp3) is 0.696. The lowest BCUT2D eigenvalue weighted by Crippen LogP contribution is -2.44. The van der Waals surface area contributed by atoms with Crippen molar-refractivity contribution in [3.63, 3.8) is 0 Å². The van der Waals surface area contributed by atoms with E-state index in [2.05, 4.69) is 39.5 Å². The zero-order valence-electron chi connectivity index (χ0n) is 19.4. The van der Waals surface area contributed by atoms with Gasteiger partial charge in [0.15, 0.2) is 5.96 Å². The summed E-state index contributed by atoms with van der Waals surface area (Å²) in [6, 6.07) is 6.44. The predicted molar refractivity (Wildman–Crippen MR) is 140 cm³/mol. The summed E-state index contributed by atoms with van der Waals surface area (Å²) in [5, 5.41) is 7.03. The first kappa shape index (κ1) is 25.8. The first-order chi connectivity index (χ1) is 14.7. The highest BCUT2D eigenvalue weighted by Gasteiger charge is 2.24. The van der Waals surface area contributed by atoms with Gasteiger partial charge in [0, 0.05) is 56.1 Å². The molecule has 3 rings (SSSR count). The van der Waals surface area contributed by atoms with Crippen LogP contribution in [0.4, 0.5) is 5.69 Å². The molecule has 1 unspecified atom stereocenters. The average molecular weight is 546 g/mol. The SMILES string of the molecule is CCNC(=NCCCCN1CCCC1)NC1CCN(c2cc(OC)cc(OC)c2)C1.I. The summed E-state index contributed by atoms with van der Waals surface area (Å²) in [5.74, 6) is 2.59. The van der Waals surface area contributed by atoms with Gasteiger partial charge in [-0.3, -0.25) is 4.99 Å². The molecule has 1 aromatic carbocycles. The second kappa shape index (κ2) is 13.9. The van der Waals surface area contributed by atoms with E-state index in [0.29, 0.717) is 6.04 Å². The number of ether oxygens (including phenoxy) is 2. The van der Waals surface area contributed by atoms with Gasteiger partial charge in [0.2, 0.25) is 0 Å². The maximum absolute atomic E-state index is 5.42. The molecule has 1 aromatic rings. The van der Waals surface area contributed by atoms with Gasteiger partial charge in [-0.25, -0.2) is 0 Å². The maximum Gasteiger partial charge on any atom is 0.191 e. The smallest absolute Gasteiger partial charge is 0.191 e. The summed E-state index contributed by atoms with van der Waals surface area (Å²) in [5.41, 5.74) is 1.14. The van der Waals surface area contributed by atoms with Crippen molar-refractivity contribution in [2.45, 2.75) is 45.1 Å². The Labute approximate surface area is 205 Å². The second-order valence-corrected chi connectivity index (χ2v) is 8.16. The van der Waals surface area contributed by atoms with E-state index in [1.54, 1.807) is 14.2 Å². The van der Waals surface area contributed by atoms with Crippen molar-refractivity contribution >= 4 is 35.6 Å². The Bertz CT molecular complexity index is 660. The molecule has 2 fully saturated rings. The lowest BCUT2D eigenvalue weighted by molar-refractivity contribution is 0.331. The minimum absolute atomic E-state index is 0. The topological polar surface area (TPSA) is 61.4 Å². The molecule has 2 N–H and O–H groups in total. The van der Waals surface area contributed by atoms with Crippen LogP contribution < -0.4 is 25.0 Å². The fourth-order valence-electron chi connectivity index (χ4n) is 4.25. The van der Waals surface area contributed by atoms with Crippen molar-refractivity contribution in [1.29, 1.82) is 0 Å². The minimum atomic E-state index is 0. The van der Waals surface area contributed by atoms with Crippen LogP contribution in [0.1, 0.15) is 39.0 Å². The maximum atomic E-state index is 5.42. The highest BCUT2D eigenvalue weighted by atomic mass is 127. The molecule has 0 aliphatic carbocycles. The molecular formula is C23H40IN5O2. The molecule has 0 spiro atoms. The van der Waals surface area contributed by atoms with Gasteiger partial charge in [0.1, 0.15) is 11.5 Å². The molecule has 31 heavy (non-hydrogen) atoms. The van der Waals surface area contributed by atoms with Gasteiger partial charge in [0.05, 0.1) is 14.2 Å². The van der Waals surface area contributed by atoms with E-state index in [4.69, 9.17) is 14.5 Å². The Hall–Kier alpha value is -1.42. The Morgan fingerprint density at radius 3 is 2.42 bits per heavy atom. The van der Waals surface area contributed by atoms with Crippen molar-refractivity contribution < 1.29 is 9.47 Å². The Morgan fingerprint density at radius 1 is 1.06 bits per heavy atom. The van der Waals surface area contributed by atoms with Gasteiger partial charge in [-0.2, -0.15) is 0 Å². The highest BCUT2D eigenvalue weighted by molar-refractivity contribution is 14.0. The molecule has 8 heteroatoms. The third kappa shape index (κ3) is 8.21. The van der Waals surface area contributed by atoms with Gasteiger partial charge in [-0.15, -0.1) is 24.0 Å². The third-order valence-electron chi connectivity index (χ3n) is 5.93. The summed E-state index contributed by atoms with van der Waals surface area (Å²) in [4.78, 5) is 9.77. The van der Waals surface area contributed by atoms with Gasteiger partial charge in [-0.05, 0) is 58.7 Å². The summed E-state index contributed by atoms with van der Waals surface area (Å²) < 4.78 is 10.8. The number of aliphatic imine (C=N–C) groups is 1. The molecule has 2 aliphatic heterocycles. The van der Waals surface area contributed by atoms with E-state index in [1.165, 1.54) is 38.9 Å². The number of hydrogen-bond donors (Lipinski definition) is 2. The number of likely N-dealkylation sites (tertiary alicyclic amines) is 1. The molecule has 7 nitrogen and oxygen atoms in total. The summed E-state index contributed by atoms with van der Waals surface area (Å²) in [6.45, 7) is 9.61. The average Bonchev–Trinajstić information content (AvgIpc) is 3.45. The molecule has 0 amide bonds. The Kier molecular flexibility index (Phi) is 11.6. The Balaban J connectivity index is 0.00000341. The molecule has 1 atom stereocenters. The van der Waals surface area contributed by atoms with Crippen molar-refractivity contribution in [3.8, 4) is 11.5 Å². The van der Waals surface area contributed by atoms with Gasteiger partial charge >= 0.3 is 0 Å². The lowest BCUT2D eigenvalue weighted by atomic mass is 10.2. The second-order valence-electron chi connectivity index (χ2n) is 8.16. The number of methoxy groups -OCH3 is 2. The molecule has 2 saturated heterocycles. The molecule has 0 bridgehead atoms. The number of guanidine groups is 1. The predicted octanol–water partition coefficient (Wildman–Crippen LogP) is 3.33. The van der Waals surface area contributed by atoms with Crippen molar-refractivity contribution in [2.24, 2.45) is 4.99 Å². The number of halogens is 1. The van der Waals surface area contributed by atoms with Crippen molar-refractivity contribution in [2.75, 3.05) is 64.9 Å². The van der Waals surface area contributed by atoms with Crippen LogP contribution in [-0.2, 0) is 0 Å². The van der Waals surface area contributed by atoms with Gasteiger partial charge in [-0.1, -0.05) is 0 Å². The van der Waals surface area contributed by atoms with Gasteiger partial charge < -0.3 is 29.9 Å². The zero-order valence-corrected chi connectivity index (χ0v) is 21.7. The molecule has 0 saturated carbocycles. The highest BCUT2D eigenvalue weighted by Crippen LogP contribution is 2.30. The van der Waals surface area contributed by atoms with E-state index in [9.17, 15) is 0 Å². The van der Waals surface area contributed by atoms with Crippen LogP contribution >= 0.6 is 24.0 Å². The van der Waals surface area contributed by atoms with Crippen LogP contribution in [0.3, 0.4) is 0 Å². The zero-order chi connectivity index (χ0) is 21.2. The van der Waals surface area contributed by atoms with E-state index in [1.807, 2.05) is 6.07 Å². The summed E-state index contributed by atoms with van der Waals surface area (Å²) in [7, 11) is 3.38. The van der Waals surface area contributed by atoms with Crippen LogP contribution in [0, 0.1) is 0 Å². The largest absolute Gasteiger partial charge is 0.497 e. The van der Waals surface area contributed by atoms with Crippen LogP contribution in [0.2, 0.25) is 0 Å². The molecular weight excluding hydrogens is 505 g/mol. The monoisotopic (exact) mass is 545 g/mol. The molecule has 2 aliphatic rings. The van der Waals surface area contributed by atoms with Crippen molar-refractivity contribution in [1.82, 2.24) is 15.5 Å². The molecule has 2 heterocycles. The fourth-order valence-corrected chi connectivity index (χ4v) is 4.25. The number of hydrogen-bond acceptors (Lipinski definition) is 5. The number of nitrogens with zero attached hydrogens (tertiary/aromatic N) is 3. The van der Waals surface area contributed by atoms with Crippen LogP contribution in [0.25, 0.3) is 0 Å². The standard InChI is InChI=1S/C23H39N5O2.HI/c1-4-24-23(25-10-5-6-11-27-12-7-8-13-27)26-19-9-14-28(18-19)20-15-21(29-2)17-22(16-20)30-3;/h15-17,19H,4-14,18H2,1-3H3,(H2,24,25,26);1H. The number of rotatable bonds is 10. The third-order valence-corrected chi connectivity index (χ3v) is 5.93. The number of anilines is 1. The van der Waals surface area contributed by atoms with E-state index >= 15 is 0 Å². The first-order valence-electron chi connectivity index (χ1n) is 11.5. The van der Waals surface area contributed by atoms with Crippen LogP contribution in [0.5, 0.6) is 11.5 Å². The van der Waals surface area contributed by atoms with Gasteiger partial charge in [0.25, 0.3) is 0 Å². The summed E-state index contributed by atoms with van der Waals surface area (Å²) in [6.07, 6.45) is 6.20. The molecule has 176 valence electrons. The van der Waals surface area contributed by atoms with Crippen LogP contribution in [0.15, 0.2) is 23.2 Å². The van der Waals surface area contributed by atoms with Crippen molar-refractivity contribution in [3.05, 3.63) is 18.2 Å². The first-order valence-corrected chi connectivity index (χ1v) is 11.5. The van der Waals surface area contributed by atoms with E-state index in [-0.39, 0.29) is 24.0 Å². The number of unbranched alkanes of at least 4 members (excludes halogenated alkanes) is 1. The number of benzene rings is 1. The molecule has 0 radical (unpaired) electrons. The van der Waals surface area contributed by atoms with E-state index < -0.39 is 0 Å². The lowest BCUT2D eigenvalue weighted by Gasteiger charge is -2.21. The quantitative estimate of drug-likeness (QED) is 0.204. The molecule has 0 aromatic heterocycles. The Morgan fingerprint density at radius 2 is 1.77 bits per heavy atom. The van der Waals surface area contributed by atoms with E-state index in [0.717, 1.165) is 62.2 Å². The summed E-state index contributed by atoms with van der Waals surface area (Å²) >= 11 is 0. The number of nitrogens with one attached hydrogen (secondary N) is 2. The normalized spacial score (nSPS) is 19.3. The van der Waals surface area contributed by atoms with Crippen LogP contribution in [-0.4, -0.2) is 76.9 Å².